The molecule has 1 aromatic heterocycles. The average Bonchev–Trinajstić information content (AvgIpc) is 2.80. The molecule has 8 heteroatoms. The number of hydrogen-bond donors (Lipinski definition) is 0. The molecular formula is C14H13BrF2N2O3. The second kappa shape index (κ2) is 8.41. The summed E-state index contributed by atoms with van der Waals surface area (Å²) in [7, 11) is 0. The van der Waals surface area contributed by atoms with E-state index in [1.54, 1.807) is 16.7 Å². The Labute approximate surface area is 134 Å². The van der Waals surface area contributed by atoms with E-state index in [4.69, 9.17) is 9.59 Å². The van der Waals surface area contributed by atoms with Crippen molar-refractivity contribution in [1.29, 1.82) is 0 Å². The van der Waals surface area contributed by atoms with Gasteiger partial charge in [0.25, 0.3) is 0 Å². The van der Waals surface area contributed by atoms with E-state index in [-0.39, 0.29) is 11.9 Å². The molecule has 0 aliphatic rings. The molecule has 1 heterocycles. The molecule has 0 aliphatic heterocycles. The molecule has 0 aliphatic carbocycles. The highest BCUT2D eigenvalue weighted by atomic mass is 79.9. The van der Waals surface area contributed by atoms with Crippen molar-refractivity contribution >= 4 is 22.1 Å². The highest BCUT2D eigenvalue weighted by Gasteiger charge is 2.14. The van der Waals surface area contributed by atoms with E-state index in [1.165, 1.54) is 6.07 Å². The summed E-state index contributed by atoms with van der Waals surface area (Å²) >= 11 is 3.25. The van der Waals surface area contributed by atoms with E-state index in [1.807, 2.05) is 20.0 Å². The first kappa shape index (κ1) is 18.0. The third-order valence-corrected chi connectivity index (χ3v) is 3.19. The van der Waals surface area contributed by atoms with Crippen LogP contribution in [0.1, 0.15) is 18.4 Å². The Kier molecular flexibility index (Phi) is 6.88. The molecule has 0 radical (unpaired) electrons. The fraction of sp³-hybridized carbons (Fsp3) is 0.286. The summed E-state index contributed by atoms with van der Waals surface area (Å²) in [6.07, 6.45) is 2.87. The Balaban J connectivity index is 0.000000745. The van der Waals surface area contributed by atoms with Crippen LogP contribution >= 0.6 is 15.9 Å². The zero-order valence-electron chi connectivity index (χ0n) is 11.8. The Hall–Kier alpha value is -2.05. The molecule has 1 aromatic carbocycles. The van der Waals surface area contributed by atoms with Gasteiger partial charge in [-0.1, -0.05) is 22.9 Å². The van der Waals surface area contributed by atoms with Crippen molar-refractivity contribution in [2.75, 3.05) is 0 Å². The van der Waals surface area contributed by atoms with Crippen LogP contribution in [0.5, 0.6) is 5.75 Å². The third-order valence-electron chi connectivity index (χ3n) is 2.69. The van der Waals surface area contributed by atoms with E-state index in [2.05, 4.69) is 25.7 Å². The lowest BCUT2D eigenvalue weighted by Crippen LogP contribution is -2.06. The van der Waals surface area contributed by atoms with Gasteiger partial charge in [0.15, 0.2) is 5.75 Å². The molecule has 0 saturated carbocycles. The van der Waals surface area contributed by atoms with Crippen molar-refractivity contribution in [2.24, 2.45) is 0 Å². The minimum atomic E-state index is -2.86. The smallest absolute Gasteiger partial charge is 0.387 e. The van der Waals surface area contributed by atoms with Gasteiger partial charge < -0.3 is 9.30 Å². The van der Waals surface area contributed by atoms with Crippen molar-refractivity contribution in [3.05, 3.63) is 40.4 Å². The van der Waals surface area contributed by atoms with E-state index < -0.39 is 6.61 Å². The quantitative estimate of drug-likeness (QED) is 0.821. The maximum atomic E-state index is 12.5. The lowest BCUT2D eigenvalue weighted by atomic mass is 10.3. The molecule has 5 nitrogen and oxygen atoms in total. The fourth-order valence-corrected chi connectivity index (χ4v) is 2.16. The Morgan fingerprint density at radius 3 is 2.55 bits per heavy atom. The largest absolute Gasteiger partial charge is 0.433 e. The van der Waals surface area contributed by atoms with E-state index >= 15 is 0 Å². The van der Waals surface area contributed by atoms with Gasteiger partial charge >= 0.3 is 12.8 Å². The van der Waals surface area contributed by atoms with E-state index in [0.717, 1.165) is 17.9 Å². The molecule has 0 atom stereocenters. The molecule has 22 heavy (non-hydrogen) atoms. The van der Waals surface area contributed by atoms with Crippen LogP contribution in [-0.2, 0) is 16.0 Å². The minimum absolute atomic E-state index is 0.118. The Morgan fingerprint density at radius 2 is 2.05 bits per heavy atom. The van der Waals surface area contributed by atoms with Gasteiger partial charge in [-0.05, 0) is 31.5 Å². The second-order valence-electron chi connectivity index (χ2n) is 4.08. The minimum Gasteiger partial charge on any atom is -0.433 e. The van der Waals surface area contributed by atoms with Crippen LogP contribution in [0.2, 0.25) is 0 Å². The average molecular weight is 375 g/mol. The zero-order chi connectivity index (χ0) is 16.7. The van der Waals surface area contributed by atoms with Crippen molar-refractivity contribution in [1.82, 2.24) is 9.55 Å². The number of aryl methyl sites for hydroxylation is 2. The molecular weight excluding hydrogens is 362 g/mol. The predicted molar refractivity (Wildman–Crippen MR) is 77.0 cm³/mol. The number of nitrogens with zero attached hydrogens (tertiary/aromatic N) is 2. The van der Waals surface area contributed by atoms with Crippen molar-refractivity contribution in [2.45, 2.75) is 26.9 Å². The topological polar surface area (TPSA) is 61.2 Å². The lowest BCUT2D eigenvalue weighted by Gasteiger charge is -2.12. The molecule has 0 saturated heterocycles. The van der Waals surface area contributed by atoms with Gasteiger partial charge in [-0.2, -0.15) is 18.4 Å². The van der Waals surface area contributed by atoms with Crippen LogP contribution in [0.3, 0.4) is 0 Å². The van der Waals surface area contributed by atoms with Crippen molar-refractivity contribution < 1.29 is 23.1 Å². The molecule has 0 bridgehead atoms. The Morgan fingerprint density at radius 1 is 1.41 bits per heavy atom. The number of ether oxygens (including phenoxy) is 1. The van der Waals surface area contributed by atoms with Gasteiger partial charge in [0, 0.05) is 10.7 Å². The van der Waals surface area contributed by atoms with Gasteiger partial charge in [0.05, 0.1) is 11.4 Å². The van der Waals surface area contributed by atoms with Gasteiger partial charge in [0.2, 0.25) is 0 Å². The number of carbonyl (C=O) groups excluding carboxylic acids is 2. The molecule has 0 N–H and O–H groups in total. The molecule has 0 unspecified atom stereocenters. The molecule has 118 valence electrons. The molecule has 0 amide bonds. The second-order valence-corrected chi connectivity index (χ2v) is 4.99. The highest BCUT2D eigenvalue weighted by molar-refractivity contribution is 9.10. The molecule has 2 aromatic rings. The first-order chi connectivity index (χ1) is 10.4. The summed E-state index contributed by atoms with van der Waals surface area (Å²) in [4.78, 5) is 20.6. The van der Waals surface area contributed by atoms with E-state index in [0.29, 0.717) is 10.2 Å². The van der Waals surface area contributed by atoms with Gasteiger partial charge in [-0.15, -0.1) is 0 Å². The number of aromatic nitrogens is 2. The number of benzene rings is 1. The molecule has 2 rings (SSSR count). The van der Waals surface area contributed by atoms with Gasteiger partial charge in [0.1, 0.15) is 5.82 Å². The lowest BCUT2D eigenvalue weighted by molar-refractivity contribution is -0.191. The summed E-state index contributed by atoms with van der Waals surface area (Å²) in [6.45, 7) is 0.958. The number of hydrogen-bond acceptors (Lipinski definition) is 4. The zero-order valence-corrected chi connectivity index (χ0v) is 13.4. The first-order valence-corrected chi connectivity index (χ1v) is 7.01. The molecule has 0 spiro atoms. The number of imidazole rings is 1. The van der Waals surface area contributed by atoms with Crippen molar-refractivity contribution in [3.8, 4) is 11.4 Å². The maximum Gasteiger partial charge on any atom is 0.387 e. The predicted octanol–water partition coefficient (Wildman–Crippen LogP) is 3.52. The van der Waals surface area contributed by atoms with Crippen molar-refractivity contribution in [3.63, 3.8) is 0 Å². The SMILES string of the molecule is CCc1cn(-c2ccc(Br)cc2OC(F)F)c(C)n1.O=C=O. The Bertz CT molecular complexity index is 668. The summed E-state index contributed by atoms with van der Waals surface area (Å²) in [6, 6.07) is 5.02. The van der Waals surface area contributed by atoms with Crippen LogP contribution in [0.25, 0.3) is 5.69 Å². The van der Waals surface area contributed by atoms with Gasteiger partial charge in [-0.25, -0.2) is 4.98 Å². The molecule has 0 fully saturated rings. The van der Waals surface area contributed by atoms with Gasteiger partial charge in [-0.3, -0.25) is 0 Å². The van der Waals surface area contributed by atoms with Crippen LogP contribution in [-0.4, -0.2) is 22.3 Å². The summed E-state index contributed by atoms with van der Waals surface area (Å²) < 4.78 is 31.9. The number of alkyl halides is 2. The number of rotatable bonds is 4. The highest BCUT2D eigenvalue weighted by Crippen LogP contribution is 2.29. The maximum absolute atomic E-state index is 12.5. The first-order valence-electron chi connectivity index (χ1n) is 6.21. The van der Waals surface area contributed by atoms with E-state index in [9.17, 15) is 8.78 Å². The number of halogens is 3. The standard InChI is InChI=1S/C13H13BrF2N2O.CO2/c1-3-10-7-18(8(2)17-10)11-5-4-9(14)6-12(11)19-13(15)16;2-1-3/h4-7,13H,3H2,1-2H3;. The van der Waals surface area contributed by atoms with Crippen LogP contribution in [0.4, 0.5) is 8.78 Å². The summed E-state index contributed by atoms with van der Waals surface area (Å²) in [5.41, 5.74) is 1.46. The normalized spacial score (nSPS) is 9.91. The third kappa shape index (κ3) is 4.75. The summed E-state index contributed by atoms with van der Waals surface area (Å²) in [5, 5.41) is 0. The fourth-order valence-electron chi connectivity index (χ4n) is 1.82. The van der Waals surface area contributed by atoms with Crippen LogP contribution in [0.15, 0.2) is 28.9 Å². The van der Waals surface area contributed by atoms with Crippen LogP contribution in [0, 0.1) is 6.92 Å². The summed E-state index contributed by atoms with van der Waals surface area (Å²) in [5.74, 6) is 0.853. The van der Waals surface area contributed by atoms with Crippen LogP contribution < -0.4 is 4.74 Å². The monoisotopic (exact) mass is 374 g/mol.